The van der Waals surface area contributed by atoms with Crippen molar-refractivity contribution >= 4 is 22.6 Å². The molecule has 1 saturated heterocycles. The summed E-state index contributed by atoms with van der Waals surface area (Å²) in [6.07, 6.45) is 1.42. The Bertz CT molecular complexity index is 795. The van der Waals surface area contributed by atoms with E-state index in [1.165, 1.54) is 0 Å². The average Bonchev–Trinajstić information content (AvgIpc) is 2.75. The minimum Gasteiger partial charge on any atom is -0.383 e. The molecule has 0 aromatic heterocycles. The van der Waals surface area contributed by atoms with Crippen LogP contribution in [0.1, 0.15) is 23.2 Å². The number of likely N-dealkylation sites (tertiary alicyclic amines) is 1. The molecule has 1 fully saturated rings. The quantitative estimate of drug-likeness (QED) is 0.685. The molecule has 0 spiro atoms. The van der Waals surface area contributed by atoms with Gasteiger partial charge in [0.1, 0.15) is 0 Å². The van der Waals surface area contributed by atoms with Gasteiger partial charge in [0.05, 0.1) is 6.61 Å². The van der Waals surface area contributed by atoms with Crippen LogP contribution in [0.2, 0.25) is 0 Å². The molecule has 0 saturated carbocycles. The lowest BCUT2D eigenvalue weighted by atomic mass is 9.95. The monoisotopic (exact) mass is 383 g/mol. The van der Waals surface area contributed by atoms with Crippen LogP contribution >= 0.6 is 0 Å². The maximum atomic E-state index is 13.0. The normalized spacial score (nSPS) is 15.0. The van der Waals surface area contributed by atoms with Gasteiger partial charge in [0, 0.05) is 51.3 Å². The third-order valence-corrected chi connectivity index (χ3v) is 5.26. The number of rotatable bonds is 8. The van der Waals surface area contributed by atoms with Crippen molar-refractivity contribution in [1.29, 1.82) is 0 Å². The lowest BCUT2D eigenvalue weighted by Crippen LogP contribution is -2.44. The first-order chi connectivity index (χ1) is 13.7. The predicted octanol–water partition coefficient (Wildman–Crippen LogP) is 2.04. The second kappa shape index (κ2) is 10.2. The van der Waals surface area contributed by atoms with Crippen molar-refractivity contribution in [1.82, 2.24) is 15.5 Å². The zero-order valence-corrected chi connectivity index (χ0v) is 16.4. The molecule has 6 nitrogen and oxygen atoms in total. The fourth-order valence-corrected chi connectivity index (χ4v) is 3.64. The molecule has 150 valence electrons. The third-order valence-electron chi connectivity index (χ3n) is 5.26. The van der Waals surface area contributed by atoms with Gasteiger partial charge in [-0.3, -0.25) is 9.59 Å². The first kappa shape index (κ1) is 20.3. The van der Waals surface area contributed by atoms with Gasteiger partial charge in [-0.15, -0.1) is 0 Å². The Balaban J connectivity index is 1.48. The molecule has 0 radical (unpaired) electrons. The summed E-state index contributed by atoms with van der Waals surface area (Å²) >= 11 is 0. The minimum absolute atomic E-state index is 0.0180. The molecule has 0 atom stereocenters. The van der Waals surface area contributed by atoms with Crippen LogP contribution in [-0.2, 0) is 9.53 Å². The lowest BCUT2D eigenvalue weighted by molar-refractivity contribution is -0.126. The SMILES string of the molecule is COCCNCCNC(=O)C1CCN(C(=O)c2cccc3ccccc23)CC1. The van der Waals surface area contributed by atoms with Gasteiger partial charge in [-0.2, -0.15) is 0 Å². The predicted molar refractivity (Wildman–Crippen MR) is 110 cm³/mol. The fourth-order valence-electron chi connectivity index (χ4n) is 3.64. The van der Waals surface area contributed by atoms with Crippen LogP contribution in [0.25, 0.3) is 10.8 Å². The topological polar surface area (TPSA) is 70.7 Å². The third kappa shape index (κ3) is 5.09. The molecule has 2 amide bonds. The molecule has 28 heavy (non-hydrogen) atoms. The van der Waals surface area contributed by atoms with Gasteiger partial charge in [0.15, 0.2) is 0 Å². The van der Waals surface area contributed by atoms with Crippen molar-refractivity contribution in [2.24, 2.45) is 5.92 Å². The number of carbonyl (C=O) groups is 2. The molecule has 3 rings (SSSR count). The van der Waals surface area contributed by atoms with E-state index in [2.05, 4.69) is 10.6 Å². The van der Waals surface area contributed by atoms with Crippen molar-refractivity contribution in [3.05, 3.63) is 48.0 Å². The van der Waals surface area contributed by atoms with E-state index in [9.17, 15) is 9.59 Å². The van der Waals surface area contributed by atoms with Crippen LogP contribution in [0.5, 0.6) is 0 Å². The molecule has 0 aliphatic carbocycles. The molecule has 1 heterocycles. The highest BCUT2D eigenvalue weighted by atomic mass is 16.5. The number of hydrogen-bond acceptors (Lipinski definition) is 4. The highest BCUT2D eigenvalue weighted by Gasteiger charge is 2.28. The molecule has 1 aliphatic rings. The van der Waals surface area contributed by atoms with E-state index in [1.807, 2.05) is 47.4 Å². The van der Waals surface area contributed by atoms with Gasteiger partial charge in [0.2, 0.25) is 5.91 Å². The van der Waals surface area contributed by atoms with Crippen molar-refractivity contribution in [3.8, 4) is 0 Å². The van der Waals surface area contributed by atoms with Crippen molar-refractivity contribution in [2.45, 2.75) is 12.8 Å². The molecule has 2 aromatic rings. The summed E-state index contributed by atoms with van der Waals surface area (Å²) in [7, 11) is 1.67. The van der Waals surface area contributed by atoms with E-state index in [0.29, 0.717) is 39.1 Å². The molecule has 2 N–H and O–H groups in total. The number of amides is 2. The highest BCUT2D eigenvalue weighted by Crippen LogP contribution is 2.23. The Kier molecular flexibility index (Phi) is 7.39. The average molecular weight is 383 g/mol. The summed E-state index contributed by atoms with van der Waals surface area (Å²) < 4.78 is 4.97. The van der Waals surface area contributed by atoms with E-state index < -0.39 is 0 Å². The van der Waals surface area contributed by atoms with Crippen molar-refractivity contribution in [3.63, 3.8) is 0 Å². The maximum Gasteiger partial charge on any atom is 0.254 e. The van der Waals surface area contributed by atoms with Crippen LogP contribution in [0.4, 0.5) is 0 Å². The Morgan fingerprint density at radius 3 is 2.57 bits per heavy atom. The van der Waals surface area contributed by atoms with E-state index in [-0.39, 0.29) is 17.7 Å². The molecule has 1 aliphatic heterocycles. The molecule has 0 bridgehead atoms. The Morgan fingerprint density at radius 2 is 1.79 bits per heavy atom. The van der Waals surface area contributed by atoms with Crippen molar-refractivity contribution < 1.29 is 14.3 Å². The zero-order chi connectivity index (χ0) is 19.8. The van der Waals surface area contributed by atoms with E-state index in [4.69, 9.17) is 4.74 Å². The van der Waals surface area contributed by atoms with Gasteiger partial charge < -0.3 is 20.3 Å². The lowest BCUT2D eigenvalue weighted by Gasteiger charge is -2.31. The second-order valence-electron chi connectivity index (χ2n) is 7.13. The van der Waals surface area contributed by atoms with E-state index in [1.54, 1.807) is 7.11 Å². The molecule has 2 aromatic carbocycles. The van der Waals surface area contributed by atoms with Crippen LogP contribution in [0, 0.1) is 5.92 Å². The number of hydrogen-bond donors (Lipinski definition) is 2. The first-order valence-corrected chi connectivity index (χ1v) is 9.95. The fraction of sp³-hybridized carbons (Fsp3) is 0.455. The smallest absolute Gasteiger partial charge is 0.254 e. The number of benzene rings is 2. The van der Waals surface area contributed by atoms with Gasteiger partial charge in [-0.05, 0) is 29.7 Å². The largest absolute Gasteiger partial charge is 0.383 e. The number of ether oxygens (including phenoxy) is 1. The number of nitrogens with zero attached hydrogens (tertiary/aromatic N) is 1. The van der Waals surface area contributed by atoms with Crippen LogP contribution < -0.4 is 10.6 Å². The van der Waals surface area contributed by atoms with E-state index in [0.717, 1.165) is 29.4 Å². The highest BCUT2D eigenvalue weighted by molar-refractivity contribution is 6.07. The summed E-state index contributed by atoms with van der Waals surface area (Å²) in [4.78, 5) is 27.2. The van der Waals surface area contributed by atoms with E-state index >= 15 is 0 Å². The van der Waals surface area contributed by atoms with Gasteiger partial charge in [-0.25, -0.2) is 0 Å². The number of nitrogens with one attached hydrogen (secondary N) is 2. The number of methoxy groups -OCH3 is 1. The summed E-state index contributed by atoms with van der Waals surface area (Å²) in [6.45, 7) is 4.02. The standard InChI is InChI=1S/C22H29N3O3/c1-28-16-13-23-11-12-24-21(26)18-9-14-25(15-10-18)22(27)20-8-4-6-17-5-2-3-7-19(17)20/h2-8,18,23H,9-16H2,1H3,(H,24,26). The molecular formula is C22H29N3O3. The van der Waals surface area contributed by atoms with Crippen molar-refractivity contribution in [2.75, 3.05) is 46.4 Å². The van der Waals surface area contributed by atoms with Crippen LogP contribution in [-0.4, -0.2) is 63.2 Å². The first-order valence-electron chi connectivity index (χ1n) is 9.95. The second-order valence-corrected chi connectivity index (χ2v) is 7.13. The number of piperidine rings is 1. The van der Waals surface area contributed by atoms with Crippen LogP contribution in [0.15, 0.2) is 42.5 Å². The number of fused-ring (bicyclic) bond motifs is 1. The Morgan fingerprint density at radius 1 is 1.04 bits per heavy atom. The van der Waals surface area contributed by atoms with Gasteiger partial charge in [0.25, 0.3) is 5.91 Å². The minimum atomic E-state index is -0.0180. The summed E-state index contributed by atoms with van der Waals surface area (Å²) in [5, 5.41) is 8.24. The summed E-state index contributed by atoms with van der Waals surface area (Å²) in [6, 6.07) is 13.8. The maximum absolute atomic E-state index is 13.0. The summed E-state index contributed by atoms with van der Waals surface area (Å²) in [5.74, 6) is 0.124. The van der Waals surface area contributed by atoms with Gasteiger partial charge >= 0.3 is 0 Å². The Labute approximate surface area is 166 Å². The number of carbonyl (C=O) groups excluding carboxylic acids is 2. The summed E-state index contributed by atoms with van der Waals surface area (Å²) in [5.41, 5.74) is 0.739. The molecular weight excluding hydrogens is 354 g/mol. The van der Waals surface area contributed by atoms with Crippen LogP contribution in [0.3, 0.4) is 0 Å². The Hall–Kier alpha value is -2.44. The zero-order valence-electron chi connectivity index (χ0n) is 16.4. The molecule has 0 unspecified atom stereocenters. The van der Waals surface area contributed by atoms with Gasteiger partial charge in [-0.1, -0.05) is 36.4 Å². The molecule has 6 heteroatoms.